The lowest BCUT2D eigenvalue weighted by molar-refractivity contribution is -0.870. The van der Waals surface area contributed by atoms with Gasteiger partial charge in [0.15, 0.2) is 6.10 Å². The van der Waals surface area contributed by atoms with E-state index in [4.69, 9.17) is 18.5 Å². The molecule has 0 spiro atoms. The van der Waals surface area contributed by atoms with Gasteiger partial charge in [-0.05, 0) is 12.8 Å². The van der Waals surface area contributed by atoms with Crippen LogP contribution in [0.25, 0.3) is 0 Å². The van der Waals surface area contributed by atoms with Crippen molar-refractivity contribution in [3.63, 3.8) is 0 Å². The van der Waals surface area contributed by atoms with Gasteiger partial charge in [0.05, 0.1) is 27.7 Å². The largest absolute Gasteiger partial charge is 0.472 e. The number of carbonyl (C=O) groups excluding carboxylic acids is 2. The Balaban J connectivity index is 3.93. The summed E-state index contributed by atoms with van der Waals surface area (Å²) in [6.45, 7) is 4.53. The van der Waals surface area contributed by atoms with Crippen molar-refractivity contribution in [3.05, 3.63) is 0 Å². The fourth-order valence-electron chi connectivity index (χ4n) is 11.1. The molecule has 0 aliphatic carbocycles. The number of phosphoric ester groups is 1. The number of nitrogens with zero attached hydrogens (tertiary/aromatic N) is 1. The molecule has 0 heterocycles. The number of carbonyl (C=O) groups is 2. The number of ether oxygens (including phenoxy) is 2. The Morgan fingerprint density at radius 2 is 0.562 bits per heavy atom. The molecule has 0 amide bonds. The molecule has 0 rings (SSSR count). The summed E-state index contributed by atoms with van der Waals surface area (Å²) < 4.78 is 34.7. The number of quaternary nitrogens is 1. The van der Waals surface area contributed by atoms with Crippen LogP contribution >= 0.6 is 7.82 Å². The van der Waals surface area contributed by atoms with Gasteiger partial charge in [-0.3, -0.25) is 18.6 Å². The van der Waals surface area contributed by atoms with Crippen molar-refractivity contribution < 1.29 is 42.1 Å². The van der Waals surface area contributed by atoms with Crippen LogP contribution in [-0.2, 0) is 32.7 Å². The monoisotopic (exact) mass is 1160 g/mol. The molecule has 0 bridgehead atoms. The summed E-state index contributed by atoms with van der Waals surface area (Å²) in [5.41, 5.74) is 0. The first-order chi connectivity index (χ1) is 39.0. The molecule has 0 radical (unpaired) electrons. The Morgan fingerprint density at radius 1 is 0.338 bits per heavy atom. The van der Waals surface area contributed by atoms with Crippen molar-refractivity contribution >= 4 is 19.8 Å². The summed E-state index contributed by atoms with van der Waals surface area (Å²) in [7, 11) is 1.51. The van der Waals surface area contributed by atoms with Crippen molar-refractivity contribution in [1.82, 2.24) is 0 Å². The standard InChI is InChI=1S/C70H140NO8P/c1-6-8-10-12-14-16-18-20-22-24-26-28-30-31-32-33-34-35-36-37-38-39-40-41-43-45-47-49-51-53-55-57-59-61-63-70(73)79-68(67-78-80(74,75)77-65-64-71(3,4)5)66-76-69(72)62-60-58-56-54-52-50-48-46-44-42-29-27-25-23-21-19-17-15-13-11-9-7-2/h68H,6-67H2,1-5H3/p+1. The van der Waals surface area contributed by atoms with Crippen LogP contribution in [0.1, 0.15) is 386 Å². The van der Waals surface area contributed by atoms with Crippen LogP contribution in [0.3, 0.4) is 0 Å². The minimum atomic E-state index is -4.38. The quantitative estimate of drug-likeness (QED) is 0.0278. The first-order valence-electron chi connectivity index (χ1n) is 35.8. The molecule has 0 fully saturated rings. The van der Waals surface area contributed by atoms with E-state index in [1.54, 1.807) is 0 Å². The van der Waals surface area contributed by atoms with Crippen LogP contribution in [0.5, 0.6) is 0 Å². The lowest BCUT2D eigenvalue weighted by Crippen LogP contribution is -2.37. The molecule has 2 atom stereocenters. The average molecular weight is 1160 g/mol. The van der Waals surface area contributed by atoms with E-state index in [-0.39, 0.29) is 25.6 Å². The topological polar surface area (TPSA) is 108 Å². The lowest BCUT2D eigenvalue weighted by atomic mass is 10.0. The smallest absolute Gasteiger partial charge is 0.462 e. The second-order valence-corrected chi connectivity index (χ2v) is 27.5. The Labute approximate surface area is 499 Å². The maximum absolute atomic E-state index is 12.9. The summed E-state index contributed by atoms with van der Waals surface area (Å²) in [5, 5.41) is 0. The SMILES string of the molecule is CCCCCCCCCCCCCCCCCCCCCCCCCCCCCCCCCCCCC(=O)OC(COC(=O)CCCCCCCCCCCCCCCCCCCCCCCC)COP(=O)(O)OCC[N+](C)(C)C. The van der Waals surface area contributed by atoms with Gasteiger partial charge in [0.1, 0.15) is 19.8 Å². The normalized spacial score (nSPS) is 13.0. The van der Waals surface area contributed by atoms with Gasteiger partial charge in [0.25, 0.3) is 0 Å². The van der Waals surface area contributed by atoms with E-state index in [0.29, 0.717) is 17.4 Å². The van der Waals surface area contributed by atoms with Gasteiger partial charge in [0, 0.05) is 12.8 Å². The number of likely N-dealkylation sites (N-methyl/N-ethyl adjacent to an activating group) is 1. The van der Waals surface area contributed by atoms with E-state index in [0.717, 1.165) is 38.5 Å². The molecule has 478 valence electrons. The second-order valence-electron chi connectivity index (χ2n) is 26.0. The molecule has 80 heavy (non-hydrogen) atoms. The number of unbranched alkanes of at least 4 members (excludes halogenated alkanes) is 54. The molecular formula is C70H141NO8P+. The molecule has 0 aromatic heterocycles. The third kappa shape index (κ3) is 66.2. The first-order valence-corrected chi connectivity index (χ1v) is 37.3. The second kappa shape index (κ2) is 62.5. The molecule has 0 aliphatic rings. The van der Waals surface area contributed by atoms with Gasteiger partial charge in [-0.15, -0.1) is 0 Å². The third-order valence-corrected chi connectivity index (χ3v) is 17.6. The highest BCUT2D eigenvalue weighted by Crippen LogP contribution is 2.43. The van der Waals surface area contributed by atoms with E-state index in [1.165, 1.54) is 321 Å². The molecule has 10 heteroatoms. The van der Waals surface area contributed by atoms with E-state index in [9.17, 15) is 19.0 Å². The van der Waals surface area contributed by atoms with Crippen LogP contribution in [0.15, 0.2) is 0 Å². The summed E-state index contributed by atoms with van der Waals surface area (Å²) in [4.78, 5) is 35.8. The predicted molar refractivity (Wildman–Crippen MR) is 345 cm³/mol. The van der Waals surface area contributed by atoms with Crippen LogP contribution in [0.4, 0.5) is 0 Å². The third-order valence-electron chi connectivity index (χ3n) is 16.6. The highest BCUT2D eigenvalue weighted by molar-refractivity contribution is 7.47. The van der Waals surface area contributed by atoms with E-state index >= 15 is 0 Å². The van der Waals surface area contributed by atoms with Crippen LogP contribution in [0, 0.1) is 0 Å². The molecule has 0 saturated heterocycles. The van der Waals surface area contributed by atoms with Crippen LogP contribution < -0.4 is 0 Å². The average Bonchev–Trinajstić information content (AvgIpc) is 3.42. The minimum Gasteiger partial charge on any atom is -0.462 e. The number of esters is 2. The first kappa shape index (κ1) is 79.0. The van der Waals surface area contributed by atoms with Crippen molar-refractivity contribution in [2.75, 3.05) is 47.5 Å². The van der Waals surface area contributed by atoms with Crippen LogP contribution in [-0.4, -0.2) is 74.9 Å². The minimum absolute atomic E-state index is 0.0377. The maximum atomic E-state index is 12.9. The molecule has 9 nitrogen and oxygen atoms in total. The zero-order chi connectivity index (χ0) is 58.4. The maximum Gasteiger partial charge on any atom is 0.472 e. The van der Waals surface area contributed by atoms with Crippen molar-refractivity contribution in [2.45, 2.75) is 392 Å². The van der Waals surface area contributed by atoms with Crippen LogP contribution in [0.2, 0.25) is 0 Å². The Hall–Kier alpha value is -0.990. The molecule has 2 unspecified atom stereocenters. The van der Waals surface area contributed by atoms with Crippen molar-refractivity contribution in [3.8, 4) is 0 Å². The predicted octanol–water partition coefficient (Wildman–Crippen LogP) is 22.9. The lowest BCUT2D eigenvalue weighted by Gasteiger charge is -2.24. The number of phosphoric acid groups is 1. The van der Waals surface area contributed by atoms with Crippen molar-refractivity contribution in [1.29, 1.82) is 0 Å². The van der Waals surface area contributed by atoms with Gasteiger partial charge in [-0.1, -0.05) is 361 Å². The Bertz CT molecular complexity index is 1310. The van der Waals surface area contributed by atoms with Gasteiger partial charge < -0.3 is 18.9 Å². The summed E-state index contributed by atoms with van der Waals surface area (Å²) >= 11 is 0. The molecular weight excluding hydrogens is 1010 g/mol. The number of rotatable bonds is 68. The fourth-order valence-corrected chi connectivity index (χ4v) is 11.9. The highest BCUT2D eigenvalue weighted by Gasteiger charge is 2.27. The van der Waals surface area contributed by atoms with E-state index in [2.05, 4.69) is 13.8 Å². The Morgan fingerprint density at radius 3 is 0.800 bits per heavy atom. The van der Waals surface area contributed by atoms with Crippen molar-refractivity contribution in [2.24, 2.45) is 0 Å². The summed E-state index contributed by atoms with van der Waals surface area (Å²) in [6, 6.07) is 0. The Kier molecular flexibility index (Phi) is 61.8. The van der Waals surface area contributed by atoms with Gasteiger partial charge in [-0.2, -0.15) is 0 Å². The van der Waals surface area contributed by atoms with E-state index < -0.39 is 26.5 Å². The van der Waals surface area contributed by atoms with Gasteiger partial charge in [-0.25, -0.2) is 4.57 Å². The molecule has 1 N–H and O–H groups in total. The fraction of sp³-hybridized carbons (Fsp3) is 0.971. The summed E-state index contributed by atoms with van der Waals surface area (Å²) in [5.74, 6) is -0.768. The van der Waals surface area contributed by atoms with Gasteiger partial charge in [0.2, 0.25) is 0 Å². The molecule has 0 aromatic rings. The molecule has 0 saturated carbocycles. The molecule has 0 aliphatic heterocycles. The highest BCUT2D eigenvalue weighted by atomic mass is 31.2. The zero-order valence-corrected chi connectivity index (χ0v) is 55.5. The number of hydrogen-bond acceptors (Lipinski definition) is 7. The van der Waals surface area contributed by atoms with E-state index in [1.807, 2.05) is 21.1 Å². The zero-order valence-electron chi connectivity index (χ0n) is 54.6. The van der Waals surface area contributed by atoms with Gasteiger partial charge >= 0.3 is 19.8 Å². The molecule has 0 aromatic carbocycles. The summed E-state index contributed by atoms with van der Waals surface area (Å²) in [6.07, 6.45) is 75.1. The number of hydrogen-bond donors (Lipinski definition) is 1.